The maximum absolute atomic E-state index is 13.1. The number of hydrogen-bond donors (Lipinski definition) is 3. The number of amides is 1. The molecule has 1 heterocycles. The van der Waals surface area contributed by atoms with Crippen LogP contribution in [0.4, 0.5) is 5.69 Å². The minimum absolute atomic E-state index is 0.0244. The van der Waals surface area contributed by atoms with Gasteiger partial charge in [0.15, 0.2) is 0 Å². The minimum Gasteiger partial charge on any atom is -0.404 e. The monoisotopic (exact) mass is 375 g/mol. The van der Waals surface area contributed by atoms with E-state index in [1.165, 1.54) is 6.20 Å². The first-order chi connectivity index (χ1) is 13.5. The minimum atomic E-state index is -0.500. The third kappa shape index (κ3) is 3.81. The Morgan fingerprint density at radius 2 is 2.00 bits per heavy atom. The van der Waals surface area contributed by atoms with Crippen LogP contribution in [0.5, 0.6) is 0 Å². The van der Waals surface area contributed by atoms with Crippen molar-refractivity contribution in [3.8, 4) is 0 Å². The molecule has 2 aromatic rings. The Bertz CT molecular complexity index is 940. The number of nitrogens with one attached hydrogen (secondary N) is 1. The molecule has 5 N–H and O–H groups in total. The number of rotatable bonds is 6. The van der Waals surface area contributed by atoms with Crippen LogP contribution in [0, 0.1) is 6.92 Å². The summed E-state index contributed by atoms with van der Waals surface area (Å²) in [5, 5.41) is 3.08. The average molecular weight is 375 g/mol. The van der Waals surface area contributed by atoms with Crippen LogP contribution in [-0.2, 0) is 10.2 Å². The molecule has 6 nitrogen and oxygen atoms in total. The molecule has 3 rings (SSSR count). The summed E-state index contributed by atoms with van der Waals surface area (Å²) < 4.78 is 0. The molecule has 0 bridgehead atoms. The Hall–Kier alpha value is -3.41. The van der Waals surface area contributed by atoms with Crippen molar-refractivity contribution < 1.29 is 4.79 Å². The zero-order valence-corrected chi connectivity index (χ0v) is 16.0. The second kappa shape index (κ2) is 8.08. The summed E-state index contributed by atoms with van der Waals surface area (Å²) in [6.45, 7) is 5.48. The lowest BCUT2D eigenvalue weighted by atomic mass is 9.63. The average Bonchev–Trinajstić information content (AvgIpc) is 2.64. The molecule has 144 valence electrons. The van der Waals surface area contributed by atoms with Crippen molar-refractivity contribution in [2.45, 2.75) is 31.6 Å². The highest BCUT2D eigenvalue weighted by molar-refractivity contribution is 6.10. The number of nitrogens with zero attached hydrogens (tertiary/aromatic N) is 2. The van der Waals surface area contributed by atoms with Crippen LogP contribution in [0.25, 0.3) is 5.57 Å². The molecular formula is C22H25N5O. The van der Waals surface area contributed by atoms with Gasteiger partial charge in [-0.1, -0.05) is 37.3 Å². The Balaban J connectivity index is 1.83. The molecule has 1 amide bonds. The summed E-state index contributed by atoms with van der Waals surface area (Å²) in [6, 6.07) is 9.70. The second-order valence-corrected chi connectivity index (χ2v) is 7.03. The third-order valence-corrected chi connectivity index (χ3v) is 5.23. The maximum atomic E-state index is 13.1. The molecule has 6 heteroatoms. The van der Waals surface area contributed by atoms with Crippen molar-refractivity contribution in [3.05, 3.63) is 78.0 Å². The molecule has 0 spiro atoms. The standard InChI is InChI=1S/C22H25N5O/c1-15-13-25-11-8-20(15)27-21(28)22(9-3-10-22)19-6-4-17(5-7-19)18(12-23)14-26-16(2)24/h4-8,11-14H,2-3,9-10,23-24H2,1H3,(H,25,27,28)/b18-12+,26-14?. The lowest BCUT2D eigenvalue weighted by molar-refractivity contribution is -0.124. The number of aryl methyl sites for hydroxylation is 1. The van der Waals surface area contributed by atoms with E-state index in [1.54, 1.807) is 18.6 Å². The number of pyridine rings is 1. The van der Waals surface area contributed by atoms with Crippen molar-refractivity contribution in [2.24, 2.45) is 16.5 Å². The van der Waals surface area contributed by atoms with E-state index in [-0.39, 0.29) is 11.7 Å². The highest BCUT2D eigenvalue weighted by Crippen LogP contribution is 2.45. The predicted octanol–water partition coefficient (Wildman–Crippen LogP) is 3.25. The highest BCUT2D eigenvalue weighted by atomic mass is 16.2. The molecule has 0 radical (unpaired) electrons. The Morgan fingerprint density at radius 1 is 1.29 bits per heavy atom. The Kier molecular flexibility index (Phi) is 5.59. The van der Waals surface area contributed by atoms with E-state index < -0.39 is 5.41 Å². The van der Waals surface area contributed by atoms with Gasteiger partial charge in [0.2, 0.25) is 5.91 Å². The van der Waals surface area contributed by atoms with Crippen LogP contribution in [0.3, 0.4) is 0 Å². The maximum Gasteiger partial charge on any atom is 0.235 e. The number of nitrogens with two attached hydrogens (primary N) is 2. The van der Waals surface area contributed by atoms with Gasteiger partial charge in [-0.3, -0.25) is 9.78 Å². The van der Waals surface area contributed by atoms with E-state index >= 15 is 0 Å². The molecule has 0 aliphatic heterocycles. The van der Waals surface area contributed by atoms with Crippen molar-refractivity contribution in [2.75, 3.05) is 5.32 Å². The Morgan fingerprint density at radius 3 is 2.54 bits per heavy atom. The molecule has 0 atom stereocenters. The van der Waals surface area contributed by atoms with E-state index in [9.17, 15) is 4.79 Å². The number of anilines is 1. The molecule has 1 aliphatic rings. The fraction of sp³-hybridized carbons (Fsp3) is 0.227. The lowest BCUT2D eigenvalue weighted by Crippen LogP contribution is -2.46. The second-order valence-electron chi connectivity index (χ2n) is 7.03. The van der Waals surface area contributed by atoms with E-state index in [1.807, 2.05) is 37.3 Å². The normalized spacial score (nSPS) is 15.8. The molecule has 1 aliphatic carbocycles. The summed E-state index contributed by atoms with van der Waals surface area (Å²) in [7, 11) is 0. The van der Waals surface area contributed by atoms with Gasteiger partial charge in [-0.15, -0.1) is 0 Å². The van der Waals surface area contributed by atoms with Gasteiger partial charge in [-0.25, -0.2) is 4.99 Å². The van der Waals surface area contributed by atoms with Gasteiger partial charge in [0.1, 0.15) is 5.82 Å². The quantitative estimate of drug-likeness (QED) is 0.674. The molecule has 1 saturated carbocycles. The molecule has 1 aromatic carbocycles. The zero-order chi connectivity index (χ0) is 20.1. The van der Waals surface area contributed by atoms with Crippen LogP contribution < -0.4 is 16.8 Å². The van der Waals surface area contributed by atoms with Gasteiger partial charge in [0.05, 0.1) is 5.41 Å². The lowest BCUT2D eigenvalue weighted by Gasteiger charge is -2.41. The number of benzene rings is 1. The largest absolute Gasteiger partial charge is 0.404 e. The number of carbonyl (C=O) groups excluding carboxylic acids is 1. The summed E-state index contributed by atoms with van der Waals surface area (Å²) in [5.41, 5.74) is 15.1. The SMILES string of the molecule is C=C(N)N=C/C(=C\N)c1ccc(C2(C(=O)Nc3ccncc3C)CCC2)cc1. The molecule has 0 unspecified atom stereocenters. The number of aliphatic imine (C=N–C) groups is 1. The number of hydrogen-bond acceptors (Lipinski definition) is 5. The van der Waals surface area contributed by atoms with Gasteiger partial charge in [0.25, 0.3) is 0 Å². The topological polar surface area (TPSA) is 106 Å². The van der Waals surface area contributed by atoms with E-state index in [0.717, 1.165) is 47.2 Å². The van der Waals surface area contributed by atoms with Gasteiger partial charge in [-0.05, 0) is 42.5 Å². The van der Waals surface area contributed by atoms with Gasteiger partial charge < -0.3 is 16.8 Å². The van der Waals surface area contributed by atoms with Crippen molar-refractivity contribution in [3.63, 3.8) is 0 Å². The van der Waals surface area contributed by atoms with Crippen LogP contribution in [0.1, 0.15) is 36.0 Å². The van der Waals surface area contributed by atoms with Gasteiger partial charge in [-0.2, -0.15) is 0 Å². The number of carbonyl (C=O) groups is 1. The predicted molar refractivity (Wildman–Crippen MR) is 114 cm³/mol. The van der Waals surface area contributed by atoms with Crippen LogP contribution in [0.2, 0.25) is 0 Å². The molecule has 1 aromatic heterocycles. The molecule has 1 fully saturated rings. The van der Waals surface area contributed by atoms with Crippen LogP contribution in [0.15, 0.2) is 66.3 Å². The highest BCUT2D eigenvalue weighted by Gasteiger charge is 2.45. The van der Waals surface area contributed by atoms with Crippen LogP contribution >= 0.6 is 0 Å². The molecular weight excluding hydrogens is 350 g/mol. The van der Waals surface area contributed by atoms with Crippen LogP contribution in [-0.4, -0.2) is 17.1 Å². The fourth-order valence-electron chi connectivity index (χ4n) is 3.38. The summed E-state index contributed by atoms with van der Waals surface area (Å²) in [5.74, 6) is 0.240. The fourth-order valence-corrected chi connectivity index (χ4v) is 3.38. The van der Waals surface area contributed by atoms with Crippen molar-refractivity contribution in [1.29, 1.82) is 0 Å². The summed E-state index contributed by atoms with van der Waals surface area (Å²) in [4.78, 5) is 21.2. The molecule has 28 heavy (non-hydrogen) atoms. The first-order valence-electron chi connectivity index (χ1n) is 9.19. The first-order valence-corrected chi connectivity index (χ1v) is 9.19. The van der Waals surface area contributed by atoms with Gasteiger partial charge >= 0.3 is 0 Å². The van der Waals surface area contributed by atoms with Gasteiger partial charge in [0, 0.05) is 36.1 Å². The smallest absolute Gasteiger partial charge is 0.235 e. The van der Waals surface area contributed by atoms with Crippen molar-refractivity contribution >= 4 is 23.4 Å². The van der Waals surface area contributed by atoms with E-state index in [0.29, 0.717) is 0 Å². The number of allylic oxidation sites excluding steroid dienone is 1. The first kappa shape index (κ1) is 19.4. The number of aromatic nitrogens is 1. The summed E-state index contributed by atoms with van der Waals surface area (Å²) >= 11 is 0. The Labute approximate surface area is 165 Å². The van der Waals surface area contributed by atoms with Crippen molar-refractivity contribution in [1.82, 2.24) is 4.98 Å². The molecule has 0 saturated heterocycles. The van der Waals surface area contributed by atoms with E-state index in [2.05, 4.69) is 21.9 Å². The third-order valence-electron chi connectivity index (χ3n) is 5.23. The summed E-state index contributed by atoms with van der Waals surface area (Å²) in [6.07, 6.45) is 9.17. The van der Waals surface area contributed by atoms with E-state index in [4.69, 9.17) is 11.5 Å². The zero-order valence-electron chi connectivity index (χ0n) is 16.0.